The predicted molar refractivity (Wildman–Crippen MR) is 338 cm³/mol. The van der Waals surface area contributed by atoms with Crippen LogP contribution in [0.4, 0.5) is 0 Å². The van der Waals surface area contributed by atoms with Crippen molar-refractivity contribution < 1.29 is 125 Å². The van der Waals surface area contributed by atoms with Crippen LogP contribution < -0.4 is 0 Å². The van der Waals surface area contributed by atoms with Crippen molar-refractivity contribution in [3.8, 4) is 0 Å². The Bertz CT molecular complexity index is 2940. The topological polar surface area (TPSA) is 428 Å². The predicted octanol–water partition coefficient (Wildman–Crippen LogP) is 13.3. The summed E-state index contributed by atoms with van der Waals surface area (Å²) >= 11 is 0. The van der Waals surface area contributed by atoms with Crippen molar-refractivity contribution in [1.82, 2.24) is 14.7 Å². The molecule has 526 valence electrons. The van der Waals surface area contributed by atoms with Crippen molar-refractivity contribution >= 4 is 69.7 Å². The van der Waals surface area contributed by atoms with Crippen molar-refractivity contribution in [3.63, 3.8) is 0 Å². The first-order valence-electron chi connectivity index (χ1n) is 29.4. The largest absolute Gasteiger partial charge is 0.488 e. The summed E-state index contributed by atoms with van der Waals surface area (Å²) in [6.07, 6.45) is 10.1. The van der Waals surface area contributed by atoms with Gasteiger partial charge < -0.3 is 58.7 Å². The highest BCUT2D eigenvalue weighted by molar-refractivity contribution is 7.69. The summed E-state index contributed by atoms with van der Waals surface area (Å²) in [6, 6.07) is 0.474. The van der Waals surface area contributed by atoms with Crippen molar-refractivity contribution in [2.24, 2.45) is 63.6 Å². The van der Waals surface area contributed by atoms with Gasteiger partial charge in [0, 0.05) is 74.5 Å². The summed E-state index contributed by atoms with van der Waals surface area (Å²) in [6.45, 7) is 41.3. The van der Waals surface area contributed by atoms with Gasteiger partial charge in [-0.15, -0.1) is 0 Å². The van der Waals surface area contributed by atoms with Gasteiger partial charge in [-0.1, -0.05) is 101 Å². The van der Waals surface area contributed by atoms with Crippen molar-refractivity contribution in [3.05, 3.63) is 48.6 Å². The van der Waals surface area contributed by atoms with Crippen LogP contribution in [0, 0.1) is 63.6 Å². The zero-order valence-corrected chi connectivity index (χ0v) is 62.2. The van der Waals surface area contributed by atoms with Crippen LogP contribution in [-0.4, -0.2) is 130 Å². The second-order valence-electron chi connectivity index (χ2n) is 27.1. The molecular weight excluding hydrogens is 1370 g/mol. The SMILES string of the molecule is C=C1CCC(C)=CN1C1CC(COP(=O)(O)OP(=O)(O)OP(C)(=O)O)C(C)C1(C)C.C=C1CCC(C)CN1C1CC(COP(=O)(O)OP(=O)(O)OP(C)(=O)O)C(C)C1(C)C.C=C1CCC(C)CN1C1CC(COP(=O)(O)OP(=O)(O)OP(C)(=O)O)C(C)C1(C)C. The molecule has 3 aliphatic carbocycles. The Kier molecular flexibility index (Phi) is 27.8. The highest BCUT2D eigenvalue weighted by Gasteiger charge is 2.54. The van der Waals surface area contributed by atoms with Crippen LogP contribution in [0.2, 0.25) is 0 Å². The Morgan fingerprint density at radius 1 is 0.433 bits per heavy atom. The normalized spacial score (nSPS) is 34.6. The van der Waals surface area contributed by atoms with E-state index in [1.54, 1.807) is 0 Å². The third kappa shape index (κ3) is 24.3. The van der Waals surface area contributed by atoms with E-state index in [0.717, 1.165) is 68.7 Å². The van der Waals surface area contributed by atoms with Crippen LogP contribution in [0.5, 0.6) is 0 Å². The van der Waals surface area contributed by atoms with Crippen LogP contribution in [0.3, 0.4) is 0 Å². The third-order valence-corrected chi connectivity index (χ3v) is 31.3. The number of likely N-dealkylation sites (tertiary alicyclic amines) is 2. The van der Waals surface area contributed by atoms with E-state index < -0.39 is 69.7 Å². The number of phosphoric ester groups is 3. The molecule has 0 aromatic rings. The molecule has 20 unspecified atom stereocenters. The number of phosphoric acid groups is 6. The molecule has 0 aromatic heterocycles. The fourth-order valence-electron chi connectivity index (χ4n) is 13.0. The monoisotopic (exact) mass is 1470 g/mol. The molecule has 90 heavy (non-hydrogen) atoms. The molecule has 0 bridgehead atoms. The van der Waals surface area contributed by atoms with Gasteiger partial charge in [-0.2, -0.15) is 12.9 Å². The average molecular weight is 1470 g/mol. The highest BCUT2D eigenvalue weighted by Crippen LogP contribution is 2.70. The molecule has 0 radical (unpaired) electrons. The molecule has 0 amide bonds. The number of piperidine rings is 2. The van der Waals surface area contributed by atoms with Crippen LogP contribution in [0.1, 0.15) is 141 Å². The summed E-state index contributed by atoms with van der Waals surface area (Å²) in [4.78, 5) is 91.7. The summed E-state index contributed by atoms with van der Waals surface area (Å²) in [5.74, 6) is 1.12. The Morgan fingerprint density at radius 3 is 1.00 bits per heavy atom. The van der Waals surface area contributed by atoms with E-state index in [1.165, 1.54) is 5.57 Å². The Hall–Kier alpha value is -0.290. The molecule has 6 aliphatic rings. The Labute approximate surface area is 530 Å². The fourth-order valence-corrected chi connectivity index (χ4v) is 23.6. The lowest BCUT2D eigenvalue weighted by Gasteiger charge is -2.45. The second kappa shape index (κ2) is 30.4. The first-order chi connectivity index (χ1) is 40.3. The molecule has 3 aliphatic heterocycles. The van der Waals surface area contributed by atoms with Gasteiger partial charge in [-0.3, -0.25) is 27.3 Å². The van der Waals surface area contributed by atoms with Crippen molar-refractivity contribution in [1.29, 1.82) is 0 Å². The number of rotatable bonds is 24. The van der Waals surface area contributed by atoms with Gasteiger partial charge in [0.05, 0.1) is 19.8 Å². The third-order valence-electron chi connectivity index (χ3n) is 18.8. The molecule has 20 atom stereocenters. The standard InChI is InChI=1S/2C17H34NO9P3.C17H32NO9P3/c3*1-12-7-8-13(2)18(10-12)16-9-15(14(3)17(16,4)5)11-25-29(21,22)27-30(23,24)26-28(6,19)20/h2*12,14-16H,2,7-11H2,1,3-6H3,(H,19,20)(H,21,22)(H,23,24);10,14-16H,2,7-9,11H2,1,3-6H3,(H,19,20)(H,21,22)(H,23,24). The molecule has 30 nitrogen and oxygen atoms in total. The number of hydrogen-bond donors (Lipinski definition) is 9. The molecule has 9 N–H and O–H groups in total. The molecule has 3 saturated carbocycles. The van der Waals surface area contributed by atoms with E-state index in [4.69, 9.17) is 28.3 Å². The molecule has 0 spiro atoms. The van der Waals surface area contributed by atoms with Gasteiger partial charge >= 0.3 is 69.7 Å². The quantitative estimate of drug-likeness (QED) is 0.0405. The first kappa shape index (κ1) is 82.1. The van der Waals surface area contributed by atoms with Gasteiger partial charge in [0.25, 0.3) is 0 Å². The maximum absolute atomic E-state index is 12.1. The number of hydrogen-bond acceptors (Lipinski definition) is 21. The molecule has 5 fully saturated rings. The molecular formula is C51H100N3O27P9. The highest BCUT2D eigenvalue weighted by atomic mass is 31.3. The van der Waals surface area contributed by atoms with Gasteiger partial charge in [0.1, 0.15) is 0 Å². The summed E-state index contributed by atoms with van der Waals surface area (Å²) < 4.78 is 144. The van der Waals surface area contributed by atoms with E-state index in [9.17, 15) is 70.4 Å². The van der Waals surface area contributed by atoms with E-state index in [-0.39, 0.29) is 89.7 Å². The van der Waals surface area contributed by atoms with Gasteiger partial charge in [-0.25, -0.2) is 40.3 Å². The number of nitrogens with zero attached hydrogens (tertiary/aromatic N) is 3. The van der Waals surface area contributed by atoms with E-state index >= 15 is 0 Å². The summed E-state index contributed by atoms with van der Waals surface area (Å²) in [7, 11) is -44.0. The second-order valence-corrected chi connectivity index (χ2v) is 42.3. The lowest BCUT2D eigenvalue weighted by molar-refractivity contribution is 0.0857. The molecule has 39 heteroatoms. The minimum Gasteiger partial charge on any atom is -0.371 e. The lowest BCUT2D eigenvalue weighted by atomic mass is 9.77. The van der Waals surface area contributed by atoms with Gasteiger partial charge in [0.2, 0.25) is 0 Å². The van der Waals surface area contributed by atoms with Crippen LogP contribution in [0.25, 0.3) is 0 Å². The zero-order valence-electron chi connectivity index (χ0n) is 54.2. The molecule has 3 heterocycles. The molecule has 0 aromatic carbocycles. The molecule has 6 rings (SSSR count). The minimum atomic E-state index is -5.27. The van der Waals surface area contributed by atoms with Gasteiger partial charge in [-0.05, 0) is 128 Å². The van der Waals surface area contributed by atoms with Crippen molar-refractivity contribution in [2.45, 2.75) is 159 Å². The van der Waals surface area contributed by atoms with Crippen LogP contribution >= 0.6 is 69.7 Å². The van der Waals surface area contributed by atoms with E-state index in [2.05, 4.69) is 129 Å². The van der Waals surface area contributed by atoms with E-state index in [1.807, 2.05) is 20.8 Å². The van der Waals surface area contributed by atoms with Crippen LogP contribution in [-0.2, 0) is 80.5 Å². The van der Waals surface area contributed by atoms with E-state index in [0.29, 0.717) is 51.1 Å². The first-order valence-corrected chi connectivity index (χ1v) is 44.5. The lowest BCUT2D eigenvalue weighted by Crippen LogP contribution is -2.46. The smallest absolute Gasteiger partial charge is 0.371 e. The Balaban J connectivity index is 0.000000288. The van der Waals surface area contributed by atoms with Crippen molar-refractivity contribution in [2.75, 3.05) is 52.9 Å². The van der Waals surface area contributed by atoms with Crippen LogP contribution in [0.15, 0.2) is 48.6 Å². The number of allylic oxidation sites excluding steroid dienone is 4. The zero-order chi connectivity index (χ0) is 69.4. The maximum atomic E-state index is 12.1. The van der Waals surface area contributed by atoms with Gasteiger partial charge in [0.15, 0.2) is 0 Å². The average Bonchev–Trinajstić information content (AvgIpc) is 1.64. The summed E-state index contributed by atoms with van der Waals surface area (Å²) in [5.41, 5.74) is 4.09. The molecule has 2 saturated heterocycles. The summed E-state index contributed by atoms with van der Waals surface area (Å²) in [5, 5.41) is 0. The fraction of sp³-hybridized carbons (Fsp3) is 0.843. The maximum Gasteiger partial charge on any atom is 0.488 e. The Morgan fingerprint density at radius 2 is 0.711 bits per heavy atom. The minimum absolute atomic E-state index is 0.0939.